The van der Waals surface area contributed by atoms with Crippen molar-refractivity contribution in [3.63, 3.8) is 0 Å². The Hall–Kier alpha value is -1.39. The van der Waals surface area contributed by atoms with Gasteiger partial charge in [0.1, 0.15) is 0 Å². The van der Waals surface area contributed by atoms with Gasteiger partial charge in [-0.05, 0) is 38.7 Å². The first-order valence-electron chi connectivity index (χ1n) is 7.96. The average Bonchev–Trinajstić information content (AvgIpc) is 2.96. The fraction of sp³-hybridized carbons (Fsp3) is 0.611. The van der Waals surface area contributed by atoms with Crippen molar-refractivity contribution in [2.24, 2.45) is 5.41 Å². The minimum absolute atomic E-state index is 0.0577. The van der Waals surface area contributed by atoms with E-state index in [4.69, 9.17) is 9.47 Å². The largest absolute Gasteiger partial charge is 0.381 e. The van der Waals surface area contributed by atoms with Gasteiger partial charge in [-0.3, -0.25) is 4.79 Å². The summed E-state index contributed by atoms with van der Waals surface area (Å²) in [5.41, 5.74) is 0.595. The minimum atomic E-state index is -0.528. The Kier molecular flexibility index (Phi) is 5.98. The van der Waals surface area contributed by atoms with Crippen LogP contribution >= 0.6 is 0 Å². The molecule has 1 saturated carbocycles. The van der Waals surface area contributed by atoms with Gasteiger partial charge in [0, 0.05) is 13.2 Å². The van der Waals surface area contributed by atoms with E-state index in [0.717, 1.165) is 24.8 Å². The van der Waals surface area contributed by atoms with Crippen molar-refractivity contribution in [3.8, 4) is 0 Å². The Morgan fingerprint density at radius 3 is 2.64 bits per heavy atom. The van der Waals surface area contributed by atoms with Crippen LogP contribution in [0.1, 0.15) is 38.7 Å². The third kappa shape index (κ3) is 4.82. The Bertz CT molecular complexity index is 472. The lowest BCUT2D eigenvalue weighted by atomic mass is 9.93. The topological polar surface area (TPSA) is 47.6 Å². The summed E-state index contributed by atoms with van der Waals surface area (Å²) in [6.45, 7) is 4.80. The molecule has 1 N–H and O–H groups in total. The summed E-state index contributed by atoms with van der Waals surface area (Å²) in [5, 5.41) is 3.13. The van der Waals surface area contributed by atoms with E-state index in [9.17, 15) is 4.79 Å². The van der Waals surface area contributed by atoms with Crippen molar-refractivity contribution in [2.75, 3.05) is 13.7 Å². The number of ether oxygens (including phenoxy) is 2. The smallest absolute Gasteiger partial charge is 0.228 e. The van der Waals surface area contributed by atoms with Crippen LogP contribution in [-0.4, -0.2) is 31.8 Å². The molecule has 0 aliphatic heterocycles. The van der Waals surface area contributed by atoms with E-state index in [2.05, 4.69) is 5.32 Å². The van der Waals surface area contributed by atoms with Crippen molar-refractivity contribution >= 4 is 5.91 Å². The van der Waals surface area contributed by atoms with Crippen molar-refractivity contribution in [3.05, 3.63) is 35.9 Å². The molecule has 22 heavy (non-hydrogen) atoms. The molecule has 0 unspecified atom stereocenters. The molecule has 0 radical (unpaired) electrons. The van der Waals surface area contributed by atoms with Crippen molar-refractivity contribution < 1.29 is 14.3 Å². The lowest BCUT2D eigenvalue weighted by Crippen LogP contribution is -2.44. The highest BCUT2D eigenvalue weighted by atomic mass is 16.5. The van der Waals surface area contributed by atoms with E-state index in [0.29, 0.717) is 13.2 Å². The molecule has 1 aromatic carbocycles. The fourth-order valence-electron chi connectivity index (χ4n) is 2.73. The maximum atomic E-state index is 12.4. The third-order valence-electron chi connectivity index (χ3n) is 4.24. The SMILES string of the molecule is CO[C@H]1CC[C@H](NC(=O)C(C)(C)COCc2ccccc2)C1. The van der Waals surface area contributed by atoms with Crippen LogP contribution < -0.4 is 5.32 Å². The van der Waals surface area contributed by atoms with Crippen LogP contribution in [0.5, 0.6) is 0 Å². The molecule has 2 atom stereocenters. The van der Waals surface area contributed by atoms with E-state index >= 15 is 0 Å². The summed E-state index contributed by atoms with van der Waals surface area (Å²) in [6, 6.07) is 10.2. The Balaban J connectivity index is 1.75. The lowest BCUT2D eigenvalue weighted by molar-refractivity contribution is -0.133. The lowest BCUT2D eigenvalue weighted by Gasteiger charge is -2.25. The summed E-state index contributed by atoms with van der Waals surface area (Å²) in [5.74, 6) is 0.0577. The highest BCUT2D eigenvalue weighted by Gasteiger charge is 2.32. The fourth-order valence-corrected chi connectivity index (χ4v) is 2.73. The molecule has 1 aliphatic rings. The number of amides is 1. The zero-order valence-electron chi connectivity index (χ0n) is 13.8. The second-order valence-corrected chi connectivity index (χ2v) is 6.70. The number of carbonyl (C=O) groups excluding carboxylic acids is 1. The molecule has 0 heterocycles. The molecule has 0 spiro atoms. The van der Waals surface area contributed by atoms with Crippen molar-refractivity contribution in [1.82, 2.24) is 5.32 Å². The van der Waals surface area contributed by atoms with Gasteiger partial charge in [0.2, 0.25) is 5.91 Å². The molecule has 0 bridgehead atoms. The number of carbonyl (C=O) groups is 1. The highest BCUT2D eigenvalue weighted by molar-refractivity contribution is 5.82. The highest BCUT2D eigenvalue weighted by Crippen LogP contribution is 2.24. The quantitative estimate of drug-likeness (QED) is 0.842. The van der Waals surface area contributed by atoms with Crippen LogP contribution in [0.15, 0.2) is 30.3 Å². The Morgan fingerprint density at radius 2 is 2.00 bits per heavy atom. The zero-order valence-corrected chi connectivity index (χ0v) is 13.8. The van der Waals surface area contributed by atoms with Gasteiger partial charge in [-0.1, -0.05) is 30.3 Å². The number of benzene rings is 1. The van der Waals surface area contributed by atoms with E-state index in [1.54, 1.807) is 7.11 Å². The van der Waals surface area contributed by atoms with Gasteiger partial charge in [-0.15, -0.1) is 0 Å². The summed E-state index contributed by atoms with van der Waals surface area (Å²) in [4.78, 5) is 12.4. The summed E-state index contributed by atoms with van der Waals surface area (Å²) in [6.07, 6.45) is 3.20. The Labute approximate surface area is 133 Å². The molecule has 1 aromatic rings. The van der Waals surface area contributed by atoms with E-state index in [1.165, 1.54) is 0 Å². The first kappa shape index (κ1) is 17.0. The van der Waals surface area contributed by atoms with Gasteiger partial charge in [0.25, 0.3) is 0 Å². The summed E-state index contributed by atoms with van der Waals surface area (Å²) >= 11 is 0. The van der Waals surface area contributed by atoms with E-state index < -0.39 is 5.41 Å². The summed E-state index contributed by atoms with van der Waals surface area (Å²) in [7, 11) is 1.73. The number of hydrogen-bond acceptors (Lipinski definition) is 3. The van der Waals surface area contributed by atoms with Gasteiger partial charge >= 0.3 is 0 Å². The molecule has 1 aliphatic carbocycles. The van der Waals surface area contributed by atoms with E-state index in [-0.39, 0.29) is 18.1 Å². The predicted octanol–water partition coefficient (Wildman–Crippen LogP) is 2.91. The number of hydrogen-bond donors (Lipinski definition) is 1. The minimum Gasteiger partial charge on any atom is -0.381 e. The van der Waals surface area contributed by atoms with Crippen LogP contribution in [0.25, 0.3) is 0 Å². The molecule has 1 amide bonds. The maximum absolute atomic E-state index is 12.4. The first-order chi connectivity index (χ1) is 10.5. The normalized spacial score (nSPS) is 21.8. The van der Waals surface area contributed by atoms with Crippen LogP contribution in [0.3, 0.4) is 0 Å². The molecule has 122 valence electrons. The molecule has 4 heteroatoms. The van der Waals surface area contributed by atoms with E-state index in [1.807, 2.05) is 44.2 Å². The van der Waals surface area contributed by atoms with Crippen molar-refractivity contribution in [1.29, 1.82) is 0 Å². The maximum Gasteiger partial charge on any atom is 0.228 e. The zero-order chi connectivity index (χ0) is 16.0. The third-order valence-corrected chi connectivity index (χ3v) is 4.24. The molecule has 1 fully saturated rings. The first-order valence-corrected chi connectivity index (χ1v) is 7.96. The molecule has 2 rings (SSSR count). The molecule has 4 nitrogen and oxygen atoms in total. The second kappa shape index (κ2) is 7.75. The van der Waals surface area contributed by atoms with Crippen LogP contribution in [0, 0.1) is 5.41 Å². The molecular weight excluding hydrogens is 278 g/mol. The van der Waals surface area contributed by atoms with Gasteiger partial charge in [0.15, 0.2) is 0 Å². The number of nitrogens with one attached hydrogen (secondary N) is 1. The number of rotatable bonds is 7. The average molecular weight is 305 g/mol. The molecule has 0 saturated heterocycles. The molecular formula is C18H27NO3. The standard InChI is InChI=1S/C18H27NO3/c1-18(2,13-22-12-14-7-5-4-6-8-14)17(20)19-15-9-10-16(11-15)21-3/h4-8,15-16H,9-13H2,1-3H3,(H,19,20)/t15-,16-/m0/s1. The predicted molar refractivity (Wildman–Crippen MR) is 86.5 cm³/mol. The molecule has 0 aromatic heterocycles. The van der Waals surface area contributed by atoms with Gasteiger partial charge in [-0.25, -0.2) is 0 Å². The monoisotopic (exact) mass is 305 g/mol. The second-order valence-electron chi connectivity index (χ2n) is 6.70. The van der Waals surface area contributed by atoms with Crippen LogP contribution in [0.2, 0.25) is 0 Å². The van der Waals surface area contributed by atoms with Gasteiger partial charge < -0.3 is 14.8 Å². The number of methoxy groups -OCH3 is 1. The van der Waals surface area contributed by atoms with Gasteiger partial charge in [0.05, 0.1) is 24.7 Å². The summed E-state index contributed by atoms with van der Waals surface area (Å²) < 4.78 is 11.1. The Morgan fingerprint density at radius 1 is 1.27 bits per heavy atom. The van der Waals surface area contributed by atoms with Crippen molar-refractivity contribution in [2.45, 2.75) is 51.9 Å². The van der Waals surface area contributed by atoms with Crippen LogP contribution in [0.4, 0.5) is 0 Å². The van der Waals surface area contributed by atoms with Crippen LogP contribution in [-0.2, 0) is 20.9 Å². The van der Waals surface area contributed by atoms with Gasteiger partial charge in [-0.2, -0.15) is 0 Å².